The zero-order valence-corrected chi connectivity index (χ0v) is 16.1. The quantitative estimate of drug-likeness (QED) is 0.605. The van der Waals surface area contributed by atoms with Crippen LogP contribution in [-0.4, -0.2) is 47.4 Å². The van der Waals surface area contributed by atoms with Gasteiger partial charge in [-0.05, 0) is 19.0 Å². The molecule has 1 amide bonds. The van der Waals surface area contributed by atoms with Crippen LogP contribution in [0.5, 0.6) is 0 Å². The Hall–Kier alpha value is -1.86. The molecule has 2 rings (SSSR count). The lowest BCUT2D eigenvalue weighted by molar-refractivity contribution is 0.0896. The van der Waals surface area contributed by atoms with Crippen molar-refractivity contribution in [2.45, 2.75) is 45.4 Å². The molecule has 0 fully saturated rings. The van der Waals surface area contributed by atoms with Crippen molar-refractivity contribution in [1.82, 2.24) is 14.5 Å². The topological polar surface area (TPSA) is 67.6 Å². The lowest BCUT2D eigenvalue weighted by Crippen LogP contribution is -2.28. The summed E-state index contributed by atoms with van der Waals surface area (Å²) in [6, 6.07) is 6.65. The molecule has 0 aliphatic rings. The van der Waals surface area contributed by atoms with E-state index in [0.717, 1.165) is 29.2 Å². The van der Waals surface area contributed by atoms with Crippen LogP contribution in [-0.2, 0) is 11.5 Å². The number of para-hydroxylation sites is 1. The van der Waals surface area contributed by atoms with Crippen molar-refractivity contribution in [2.75, 3.05) is 13.7 Å². The molecule has 6 nitrogen and oxygen atoms in total. The monoisotopic (exact) mass is 349 g/mol. The molecule has 1 heterocycles. The van der Waals surface area contributed by atoms with E-state index in [1.165, 1.54) is 4.90 Å². The Morgan fingerprint density at radius 3 is 2.75 bits per heavy atom. The largest absolute Gasteiger partial charge is 0.465 e. The number of carboxylic acid groups (broad SMARTS) is 1. The van der Waals surface area contributed by atoms with Gasteiger partial charge in [0, 0.05) is 27.3 Å². The number of nitrogens with zero attached hydrogens (tertiary/aromatic N) is 3. The second-order valence-electron chi connectivity index (χ2n) is 7.35. The van der Waals surface area contributed by atoms with Crippen LogP contribution in [0.25, 0.3) is 11.0 Å². The molecule has 1 unspecified atom stereocenters. The van der Waals surface area contributed by atoms with Crippen LogP contribution in [0.3, 0.4) is 0 Å². The summed E-state index contributed by atoms with van der Waals surface area (Å²) >= 11 is 0. The lowest BCUT2D eigenvalue weighted by Gasteiger charge is -2.23. The van der Waals surface area contributed by atoms with E-state index in [4.69, 9.17) is 4.74 Å². The Morgan fingerprint density at radius 1 is 1.42 bits per heavy atom. The Kier molecular flexibility index (Phi) is 5.66. The average molecular weight is 350 g/mol. The number of hydrogen-bond donors (Lipinski definition) is 1. The van der Waals surface area contributed by atoms with Gasteiger partial charge >= 0.3 is 6.09 Å². The normalized spacial score (nSPS) is 13.2. The number of rotatable bonds is 7. The van der Waals surface area contributed by atoms with E-state index < -0.39 is 14.2 Å². The van der Waals surface area contributed by atoms with E-state index in [0.29, 0.717) is 6.73 Å². The fourth-order valence-electron chi connectivity index (χ4n) is 2.51. The molecule has 0 radical (unpaired) electrons. The summed E-state index contributed by atoms with van der Waals surface area (Å²) in [5.41, 5.74) is 2.72. The van der Waals surface area contributed by atoms with E-state index in [9.17, 15) is 9.90 Å². The molecule has 0 saturated carbocycles. The Morgan fingerprint density at radius 2 is 2.12 bits per heavy atom. The fraction of sp³-hybridized carbons (Fsp3) is 0.529. The number of aromatic nitrogens is 2. The highest BCUT2D eigenvalue weighted by Crippen LogP contribution is 2.27. The van der Waals surface area contributed by atoms with Crippen LogP contribution in [0.1, 0.15) is 18.5 Å². The molecular weight excluding hydrogens is 322 g/mol. The molecule has 0 aliphatic carbocycles. The minimum atomic E-state index is -1.11. The average Bonchev–Trinajstić information content (AvgIpc) is 2.92. The number of ether oxygens (including phenoxy) is 1. The van der Waals surface area contributed by atoms with Gasteiger partial charge in [0.25, 0.3) is 0 Å². The third-order valence-corrected chi connectivity index (χ3v) is 5.93. The van der Waals surface area contributed by atoms with E-state index in [2.05, 4.69) is 24.6 Å². The third kappa shape index (κ3) is 4.36. The fourth-order valence-corrected chi connectivity index (χ4v) is 3.26. The highest BCUT2D eigenvalue weighted by atomic mass is 28.3. The molecule has 1 aromatic heterocycles. The van der Waals surface area contributed by atoms with Crippen LogP contribution < -0.4 is 0 Å². The number of carbonyl (C=O) groups is 1. The van der Waals surface area contributed by atoms with Gasteiger partial charge in [-0.15, -0.1) is 0 Å². The highest BCUT2D eigenvalue weighted by Gasteiger charge is 2.20. The summed E-state index contributed by atoms with van der Waals surface area (Å²) < 4.78 is 7.79. The Bertz CT molecular complexity index is 709. The van der Waals surface area contributed by atoms with Gasteiger partial charge < -0.3 is 19.3 Å². The summed E-state index contributed by atoms with van der Waals surface area (Å²) in [5.74, 6) is 0. The lowest BCUT2D eigenvalue weighted by atomic mass is 10.1. The predicted molar refractivity (Wildman–Crippen MR) is 98.0 cm³/mol. The molecule has 132 valence electrons. The second kappa shape index (κ2) is 7.35. The maximum atomic E-state index is 11.3. The van der Waals surface area contributed by atoms with Crippen molar-refractivity contribution in [3.8, 4) is 0 Å². The molecular formula is C17H27N3O3Si. The van der Waals surface area contributed by atoms with Crippen molar-refractivity contribution in [3.05, 3.63) is 30.1 Å². The molecule has 1 atom stereocenters. The molecule has 1 aromatic carbocycles. The molecule has 1 N–H and O–H groups in total. The summed E-state index contributed by atoms with van der Waals surface area (Å²) in [7, 11) is 0.469. The second-order valence-corrected chi connectivity index (χ2v) is 13.0. The van der Waals surface area contributed by atoms with Crippen molar-refractivity contribution in [1.29, 1.82) is 0 Å². The zero-order chi connectivity index (χ0) is 17.9. The Balaban J connectivity index is 2.21. The zero-order valence-electron chi connectivity index (χ0n) is 15.1. The smallest absolute Gasteiger partial charge is 0.407 e. The van der Waals surface area contributed by atoms with Gasteiger partial charge in [0.2, 0.25) is 0 Å². The van der Waals surface area contributed by atoms with Gasteiger partial charge in [-0.25, -0.2) is 9.78 Å². The first kappa shape index (κ1) is 18.5. The first-order chi connectivity index (χ1) is 11.2. The van der Waals surface area contributed by atoms with Crippen molar-refractivity contribution in [2.24, 2.45) is 0 Å². The summed E-state index contributed by atoms with van der Waals surface area (Å²) in [4.78, 5) is 17.0. The van der Waals surface area contributed by atoms with Gasteiger partial charge in [-0.3, -0.25) is 0 Å². The highest BCUT2D eigenvalue weighted by molar-refractivity contribution is 6.76. The van der Waals surface area contributed by atoms with Gasteiger partial charge in [0.15, 0.2) is 0 Å². The summed E-state index contributed by atoms with van der Waals surface area (Å²) in [6.45, 7) is 10.0. The maximum absolute atomic E-state index is 11.3. The molecule has 0 aliphatic heterocycles. The minimum Gasteiger partial charge on any atom is -0.465 e. The minimum absolute atomic E-state index is 0.261. The molecule has 0 spiro atoms. The molecule has 0 saturated heterocycles. The van der Waals surface area contributed by atoms with Gasteiger partial charge in [-0.1, -0.05) is 31.8 Å². The molecule has 2 aromatic rings. The number of benzene rings is 1. The van der Waals surface area contributed by atoms with Crippen LogP contribution in [0.4, 0.5) is 4.79 Å². The maximum Gasteiger partial charge on any atom is 0.407 e. The molecule has 0 bridgehead atoms. The predicted octanol–water partition coefficient (Wildman–Crippen LogP) is 4.02. The van der Waals surface area contributed by atoms with Gasteiger partial charge in [0.05, 0.1) is 23.4 Å². The van der Waals surface area contributed by atoms with Crippen LogP contribution >= 0.6 is 0 Å². The summed E-state index contributed by atoms with van der Waals surface area (Å²) in [6.07, 6.45) is 0.813. The van der Waals surface area contributed by atoms with Crippen molar-refractivity contribution >= 4 is 25.2 Å². The van der Waals surface area contributed by atoms with Gasteiger partial charge in [0.1, 0.15) is 6.73 Å². The summed E-state index contributed by atoms with van der Waals surface area (Å²) in [5, 5.41) is 9.24. The third-order valence-electron chi connectivity index (χ3n) is 4.23. The number of fused-ring (bicyclic) bond motifs is 1. The van der Waals surface area contributed by atoms with E-state index >= 15 is 0 Å². The number of imidazole rings is 1. The first-order valence-electron chi connectivity index (χ1n) is 8.18. The number of amides is 1. The van der Waals surface area contributed by atoms with Crippen molar-refractivity contribution in [3.63, 3.8) is 0 Å². The van der Waals surface area contributed by atoms with Crippen LogP contribution in [0.2, 0.25) is 25.7 Å². The van der Waals surface area contributed by atoms with E-state index in [1.54, 1.807) is 13.4 Å². The Labute approximate surface area is 144 Å². The SMILES string of the molecule is CC(c1cccc2ncn(COCC[Si](C)(C)C)c12)N(C)C(=O)O. The standard InChI is InChI=1S/C17H27N3O3Si/c1-13(19(2)17(21)22)14-7-6-8-15-16(14)20(11-18-15)12-23-9-10-24(3,4)5/h6-8,11,13H,9-10,12H2,1-5H3,(H,21,22). The molecule has 7 heteroatoms. The van der Waals surface area contributed by atoms with E-state index in [-0.39, 0.29) is 6.04 Å². The van der Waals surface area contributed by atoms with Crippen LogP contribution in [0.15, 0.2) is 24.5 Å². The first-order valence-corrected chi connectivity index (χ1v) is 11.9. The van der Waals surface area contributed by atoms with Crippen LogP contribution in [0, 0.1) is 0 Å². The number of hydrogen-bond acceptors (Lipinski definition) is 3. The molecule has 24 heavy (non-hydrogen) atoms. The van der Waals surface area contributed by atoms with Gasteiger partial charge in [-0.2, -0.15) is 0 Å². The van der Waals surface area contributed by atoms with Crippen molar-refractivity contribution < 1.29 is 14.6 Å². The van der Waals surface area contributed by atoms with E-state index in [1.807, 2.05) is 29.7 Å².